The van der Waals surface area contributed by atoms with E-state index in [0.717, 1.165) is 12.1 Å². The third-order valence-electron chi connectivity index (χ3n) is 4.64. The number of benzene rings is 1. The molecule has 1 amide bonds. The predicted octanol–water partition coefficient (Wildman–Crippen LogP) is 3.24. The molecule has 150 valence electrons. The molecule has 0 unspecified atom stereocenters. The Hall–Kier alpha value is -4.14. The summed E-state index contributed by atoms with van der Waals surface area (Å²) in [5.74, 6) is -4.00. The van der Waals surface area contributed by atoms with Crippen LogP contribution in [0.2, 0.25) is 0 Å². The first-order chi connectivity index (χ1) is 14.4. The average molecular weight is 408 g/mol. The third kappa shape index (κ3) is 3.16. The number of ketones is 1. The third-order valence-corrected chi connectivity index (χ3v) is 4.64. The Morgan fingerprint density at radius 1 is 1.03 bits per heavy atom. The Morgan fingerprint density at radius 2 is 1.80 bits per heavy atom. The fourth-order valence-corrected chi connectivity index (χ4v) is 3.11. The number of primary amides is 1. The van der Waals surface area contributed by atoms with Gasteiger partial charge in [-0.3, -0.25) is 9.59 Å². The summed E-state index contributed by atoms with van der Waals surface area (Å²) in [5, 5.41) is 0.358. The summed E-state index contributed by atoms with van der Waals surface area (Å²) < 4.78 is 34.0. The fourth-order valence-electron chi connectivity index (χ4n) is 3.11. The average Bonchev–Trinajstić information content (AvgIpc) is 3.16. The molecular weight excluding hydrogens is 394 g/mol. The maximum atomic E-state index is 14.6. The minimum absolute atomic E-state index is 0.000223. The molecule has 9 heteroatoms. The van der Waals surface area contributed by atoms with Gasteiger partial charge in [0.15, 0.2) is 0 Å². The van der Waals surface area contributed by atoms with Gasteiger partial charge in [0.2, 0.25) is 11.7 Å². The van der Waals surface area contributed by atoms with Crippen molar-refractivity contribution in [1.29, 1.82) is 0 Å². The number of methoxy groups -OCH3 is 1. The van der Waals surface area contributed by atoms with Gasteiger partial charge in [-0.2, -0.15) is 0 Å². The summed E-state index contributed by atoms with van der Waals surface area (Å²) in [6, 6.07) is 6.82. The Balaban J connectivity index is 1.83. The summed E-state index contributed by atoms with van der Waals surface area (Å²) in [4.78, 5) is 35.5. The number of pyridine rings is 2. The predicted molar refractivity (Wildman–Crippen MR) is 104 cm³/mol. The lowest BCUT2D eigenvalue weighted by Gasteiger charge is -2.07. The standard InChI is InChI=1S/C21H14F2N4O3/c1-30-16-5-2-10(7-25-16)11-6-13-14(9-27-21(13)26-8-11)19(28)17-15(22)4-3-12(18(17)23)20(24)29/h2-9H,1H3,(H2,24,29)(H,26,27). The highest BCUT2D eigenvalue weighted by atomic mass is 19.1. The zero-order chi connectivity index (χ0) is 21.4. The van der Waals surface area contributed by atoms with Crippen LogP contribution in [0.15, 0.2) is 48.9 Å². The quantitative estimate of drug-likeness (QED) is 0.493. The van der Waals surface area contributed by atoms with Crippen molar-refractivity contribution in [3.63, 3.8) is 0 Å². The number of rotatable bonds is 5. The number of aromatic amines is 1. The number of aromatic nitrogens is 3. The van der Waals surface area contributed by atoms with Crippen LogP contribution in [0.1, 0.15) is 26.3 Å². The lowest BCUT2D eigenvalue weighted by Crippen LogP contribution is -2.17. The monoisotopic (exact) mass is 408 g/mol. The molecule has 0 aliphatic carbocycles. The first-order valence-electron chi connectivity index (χ1n) is 8.70. The number of ether oxygens (including phenoxy) is 1. The number of nitrogens with zero attached hydrogens (tertiary/aromatic N) is 2. The van der Waals surface area contributed by atoms with Crippen molar-refractivity contribution in [2.75, 3.05) is 7.11 Å². The molecule has 0 saturated heterocycles. The van der Waals surface area contributed by atoms with Gasteiger partial charge in [0.1, 0.15) is 17.3 Å². The summed E-state index contributed by atoms with van der Waals surface area (Å²) >= 11 is 0. The molecule has 0 radical (unpaired) electrons. The summed E-state index contributed by atoms with van der Waals surface area (Å²) in [7, 11) is 1.50. The van der Waals surface area contributed by atoms with E-state index < -0.39 is 34.5 Å². The van der Waals surface area contributed by atoms with E-state index >= 15 is 0 Å². The zero-order valence-corrected chi connectivity index (χ0v) is 15.6. The van der Waals surface area contributed by atoms with Gasteiger partial charge < -0.3 is 15.5 Å². The highest BCUT2D eigenvalue weighted by Crippen LogP contribution is 2.28. The number of amides is 1. The molecule has 0 saturated carbocycles. The van der Waals surface area contributed by atoms with E-state index in [-0.39, 0.29) is 5.56 Å². The largest absolute Gasteiger partial charge is 0.481 e. The van der Waals surface area contributed by atoms with Crippen molar-refractivity contribution in [3.05, 3.63) is 77.2 Å². The second-order valence-corrected chi connectivity index (χ2v) is 6.39. The number of carbonyl (C=O) groups is 2. The maximum Gasteiger partial charge on any atom is 0.251 e. The molecule has 4 aromatic rings. The van der Waals surface area contributed by atoms with Crippen LogP contribution < -0.4 is 10.5 Å². The van der Waals surface area contributed by atoms with Gasteiger partial charge in [-0.15, -0.1) is 0 Å². The Kier molecular flexibility index (Phi) is 4.71. The van der Waals surface area contributed by atoms with Gasteiger partial charge in [0, 0.05) is 46.7 Å². The summed E-state index contributed by atoms with van der Waals surface area (Å²) in [6.07, 6.45) is 4.46. The van der Waals surface area contributed by atoms with Crippen LogP contribution >= 0.6 is 0 Å². The minimum Gasteiger partial charge on any atom is -0.481 e. The number of H-pyrrole nitrogens is 1. The van der Waals surface area contributed by atoms with Crippen molar-refractivity contribution in [1.82, 2.24) is 15.0 Å². The van der Waals surface area contributed by atoms with Crippen LogP contribution in [0, 0.1) is 11.6 Å². The van der Waals surface area contributed by atoms with Gasteiger partial charge in [-0.05, 0) is 24.3 Å². The smallest absolute Gasteiger partial charge is 0.251 e. The SMILES string of the molecule is COc1ccc(-c2cnc3[nH]cc(C(=O)c4c(F)ccc(C(N)=O)c4F)c3c2)cn1. The first kappa shape index (κ1) is 19.2. The van der Waals surface area contributed by atoms with Crippen molar-refractivity contribution < 1.29 is 23.1 Å². The van der Waals surface area contributed by atoms with Crippen LogP contribution in [-0.4, -0.2) is 33.8 Å². The summed E-state index contributed by atoms with van der Waals surface area (Å²) in [6.45, 7) is 0. The van der Waals surface area contributed by atoms with Crippen molar-refractivity contribution >= 4 is 22.7 Å². The van der Waals surface area contributed by atoms with E-state index in [1.54, 1.807) is 30.6 Å². The zero-order valence-electron chi connectivity index (χ0n) is 15.6. The van der Waals surface area contributed by atoms with Crippen LogP contribution in [0.4, 0.5) is 8.78 Å². The number of nitrogens with two attached hydrogens (primary N) is 1. The highest BCUT2D eigenvalue weighted by molar-refractivity contribution is 6.17. The summed E-state index contributed by atoms with van der Waals surface area (Å²) in [5.41, 5.74) is 5.38. The first-order valence-corrected chi connectivity index (χ1v) is 8.70. The lowest BCUT2D eigenvalue weighted by atomic mass is 9.98. The molecule has 0 spiro atoms. The highest BCUT2D eigenvalue weighted by Gasteiger charge is 2.25. The molecule has 0 fully saturated rings. The van der Waals surface area contributed by atoms with Crippen LogP contribution in [0.5, 0.6) is 5.88 Å². The van der Waals surface area contributed by atoms with Crippen LogP contribution in [0.3, 0.4) is 0 Å². The van der Waals surface area contributed by atoms with Gasteiger partial charge >= 0.3 is 0 Å². The number of hydrogen-bond acceptors (Lipinski definition) is 5. The van der Waals surface area contributed by atoms with Crippen molar-refractivity contribution in [2.24, 2.45) is 5.73 Å². The van der Waals surface area contributed by atoms with Gasteiger partial charge in [-0.25, -0.2) is 18.7 Å². The van der Waals surface area contributed by atoms with Gasteiger partial charge in [-0.1, -0.05) is 0 Å². The molecule has 0 aliphatic rings. The topological polar surface area (TPSA) is 111 Å². The number of hydrogen-bond donors (Lipinski definition) is 2. The number of nitrogens with one attached hydrogen (secondary N) is 1. The molecule has 3 aromatic heterocycles. The van der Waals surface area contributed by atoms with E-state index in [1.165, 1.54) is 13.3 Å². The lowest BCUT2D eigenvalue weighted by molar-refractivity contribution is 0.0996. The molecule has 0 atom stereocenters. The van der Waals surface area contributed by atoms with E-state index in [1.807, 2.05) is 0 Å². The number of carbonyl (C=O) groups excluding carboxylic acids is 2. The number of fused-ring (bicyclic) bond motifs is 1. The van der Waals surface area contributed by atoms with Gasteiger partial charge in [0.05, 0.1) is 18.2 Å². The van der Waals surface area contributed by atoms with Crippen LogP contribution in [-0.2, 0) is 0 Å². The molecule has 3 heterocycles. The minimum atomic E-state index is -1.30. The fraction of sp³-hybridized carbons (Fsp3) is 0.0476. The molecule has 0 bridgehead atoms. The molecule has 7 nitrogen and oxygen atoms in total. The van der Waals surface area contributed by atoms with Gasteiger partial charge in [0.25, 0.3) is 5.91 Å². The second kappa shape index (κ2) is 7.36. The number of halogens is 2. The maximum absolute atomic E-state index is 14.6. The van der Waals surface area contributed by atoms with E-state index in [9.17, 15) is 18.4 Å². The molecule has 4 rings (SSSR count). The molecule has 30 heavy (non-hydrogen) atoms. The molecule has 3 N–H and O–H groups in total. The van der Waals surface area contributed by atoms with E-state index in [2.05, 4.69) is 15.0 Å². The Morgan fingerprint density at radius 3 is 2.47 bits per heavy atom. The molecule has 1 aromatic carbocycles. The van der Waals surface area contributed by atoms with Crippen molar-refractivity contribution in [2.45, 2.75) is 0 Å². The molecule has 0 aliphatic heterocycles. The van der Waals surface area contributed by atoms with Crippen LogP contribution in [0.25, 0.3) is 22.2 Å². The Bertz CT molecular complexity index is 1300. The Labute approximate surface area is 168 Å². The molecular formula is C21H14F2N4O3. The second-order valence-electron chi connectivity index (χ2n) is 6.39. The van der Waals surface area contributed by atoms with E-state index in [0.29, 0.717) is 28.0 Å². The van der Waals surface area contributed by atoms with Crippen molar-refractivity contribution in [3.8, 4) is 17.0 Å². The van der Waals surface area contributed by atoms with E-state index in [4.69, 9.17) is 10.5 Å². The normalized spacial score (nSPS) is 10.9.